The van der Waals surface area contributed by atoms with Crippen LogP contribution in [0.25, 0.3) is 10.2 Å². The molecule has 0 radical (unpaired) electrons. The van der Waals surface area contributed by atoms with Crippen LogP contribution in [0.5, 0.6) is 5.75 Å². The first kappa shape index (κ1) is 18.3. The van der Waals surface area contributed by atoms with E-state index in [-0.39, 0.29) is 11.7 Å². The zero-order chi connectivity index (χ0) is 19.3. The standard InChI is InChI=1S/C20H14FN3O2S2/c21-14-6-7-18-17(10-14)23-20(28-18)24(12-16-11-22-13-27-16)19(25)8-9-26-15-4-2-1-3-5-15/h1-11,13H,12H2. The summed E-state index contributed by atoms with van der Waals surface area (Å²) in [6.07, 6.45) is 4.41. The van der Waals surface area contributed by atoms with E-state index in [1.54, 1.807) is 29.9 Å². The number of halogens is 1. The molecule has 0 aliphatic rings. The Bertz CT molecular complexity index is 1110. The van der Waals surface area contributed by atoms with Gasteiger partial charge in [0.2, 0.25) is 0 Å². The summed E-state index contributed by atoms with van der Waals surface area (Å²) in [5.74, 6) is -0.0132. The molecule has 0 unspecified atom stereocenters. The Labute approximate surface area is 168 Å². The van der Waals surface area contributed by atoms with E-state index < -0.39 is 0 Å². The van der Waals surface area contributed by atoms with Gasteiger partial charge in [0, 0.05) is 23.2 Å². The number of thiazole rings is 2. The van der Waals surface area contributed by atoms with E-state index in [0.717, 1.165) is 9.58 Å². The molecule has 2 aromatic carbocycles. The largest absolute Gasteiger partial charge is 0.465 e. The third kappa shape index (κ3) is 4.24. The Hall–Kier alpha value is -3.10. The Kier molecular flexibility index (Phi) is 5.41. The van der Waals surface area contributed by atoms with Crippen molar-refractivity contribution in [2.24, 2.45) is 0 Å². The molecular formula is C20H14FN3O2S2. The molecule has 0 atom stereocenters. The molecule has 2 heterocycles. The number of anilines is 1. The first-order chi connectivity index (χ1) is 13.7. The van der Waals surface area contributed by atoms with Crippen LogP contribution in [0, 0.1) is 5.82 Å². The minimum Gasteiger partial charge on any atom is -0.465 e. The molecule has 8 heteroatoms. The van der Waals surface area contributed by atoms with Crippen molar-refractivity contribution < 1.29 is 13.9 Å². The summed E-state index contributed by atoms with van der Waals surface area (Å²) < 4.78 is 19.8. The van der Waals surface area contributed by atoms with Crippen molar-refractivity contribution >= 4 is 43.9 Å². The third-order valence-corrected chi connectivity index (χ3v) is 5.61. The number of para-hydroxylation sites is 1. The van der Waals surface area contributed by atoms with Crippen molar-refractivity contribution in [3.63, 3.8) is 0 Å². The van der Waals surface area contributed by atoms with Crippen LogP contribution >= 0.6 is 22.7 Å². The average molecular weight is 411 g/mol. The Balaban J connectivity index is 1.59. The predicted octanol–water partition coefficient (Wildman–Crippen LogP) is 5.02. The lowest BCUT2D eigenvalue weighted by molar-refractivity contribution is -0.114. The van der Waals surface area contributed by atoms with Crippen LogP contribution < -0.4 is 9.64 Å². The second-order valence-electron chi connectivity index (χ2n) is 5.73. The van der Waals surface area contributed by atoms with Crippen LogP contribution in [0.2, 0.25) is 0 Å². The highest BCUT2D eigenvalue weighted by molar-refractivity contribution is 7.22. The smallest absolute Gasteiger partial charge is 0.256 e. The zero-order valence-electron chi connectivity index (χ0n) is 14.5. The van der Waals surface area contributed by atoms with E-state index >= 15 is 0 Å². The molecule has 0 aliphatic heterocycles. The first-order valence-electron chi connectivity index (χ1n) is 8.32. The minimum absolute atomic E-state index is 0.288. The molecule has 4 aromatic rings. The molecule has 0 N–H and O–H groups in total. The monoisotopic (exact) mass is 411 g/mol. The van der Waals surface area contributed by atoms with Crippen LogP contribution in [0.15, 0.2) is 72.6 Å². The van der Waals surface area contributed by atoms with Gasteiger partial charge in [-0.1, -0.05) is 29.5 Å². The van der Waals surface area contributed by atoms with E-state index in [1.807, 2.05) is 18.2 Å². The van der Waals surface area contributed by atoms with Gasteiger partial charge in [0.25, 0.3) is 5.91 Å². The van der Waals surface area contributed by atoms with Crippen molar-refractivity contribution in [2.45, 2.75) is 6.54 Å². The van der Waals surface area contributed by atoms with E-state index in [0.29, 0.717) is 22.9 Å². The second kappa shape index (κ2) is 8.28. The predicted molar refractivity (Wildman–Crippen MR) is 109 cm³/mol. The van der Waals surface area contributed by atoms with E-state index in [1.165, 1.54) is 52.0 Å². The van der Waals surface area contributed by atoms with Crippen molar-refractivity contribution in [3.8, 4) is 5.75 Å². The van der Waals surface area contributed by atoms with Crippen molar-refractivity contribution in [2.75, 3.05) is 4.90 Å². The lowest BCUT2D eigenvalue weighted by Crippen LogP contribution is -2.28. The number of nitrogens with zero attached hydrogens (tertiary/aromatic N) is 3. The van der Waals surface area contributed by atoms with Crippen LogP contribution in [0.1, 0.15) is 4.88 Å². The molecule has 0 spiro atoms. The maximum atomic E-state index is 13.5. The molecular weight excluding hydrogens is 397 g/mol. The quantitative estimate of drug-likeness (QED) is 0.330. The van der Waals surface area contributed by atoms with Gasteiger partial charge in [-0.05, 0) is 24.3 Å². The van der Waals surface area contributed by atoms with E-state index in [4.69, 9.17) is 4.74 Å². The highest BCUT2D eigenvalue weighted by Gasteiger charge is 2.19. The topological polar surface area (TPSA) is 55.3 Å². The number of aromatic nitrogens is 2. The summed E-state index contributed by atoms with van der Waals surface area (Å²) in [5, 5.41) is 0.489. The summed E-state index contributed by atoms with van der Waals surface area (Å²) in [7, 11) is 0. The molecule has 5 nitrogen and oxygen atoms in total. The molecule has 140 valence electrons. The number of carbonyl (C=O) groups excluding carboxylic acids is 1. The van der Waals surface area contributed by atoms with Crippen molar-refractivity contribution in [1.82, 2.24) is 9.97 Å². The fraction of sp³-hybridized carbons (Fsp3) is 0.0500. The molecule has 0 saturated heterocycles. The van der Waals surface area contributed by atoms with E-state index in [2.05, 4.69) is 9.97 Å². The number of amides is 1. The number of benzene rings is 2. The average Bonchev–Trinajstić information content (AvgIpc) is 3.36. The van der Waals surface area contributed by atoms with Crippen LogP contribution in [0.4, 0.5) is 9.52 Å². The number of ether oxygens (including phenoxy) is 1. The number of fused-ring (bicyclic) bond motifs is 1. The van der Waals surface area contributed by atoms with Gasteiger partial charge in [-0.25, -0.2) is 9.37 Å². The summed E-state index contributed by atoms with van der Waals surface area (Å²) >= 11 is 2.78. The molecule has 4 rings (SSSR count). The highest BCUT2D eigenvalue weighted by Crippen LogP contribution is 2.30. The zero-order valence-corrected chi connectivity index (χ0v) is 16.1. The summed E-state index contributed by atoms with van der Waals surface area (Å²) in [6.45, 7) is 0.321. The van der Waals surface area contributed by atoms with Crippen LogP contribution in [-0.2, 0) is 11.3 Å². The van der Waals surface area contributed by atoms with Gasteiger partial charge in [0.15, 0.2) is 5.13 Å². The number of hydrogen-bond donors (Lipinski definition) is 0. The normalized spacial score (nSPS) is 11.2. The molecule has 2 aromatic heterocycles. The van der Waals surface area contributed by atoms with Crippen molar-refractivity contribution in [1.29, 1.82) is 0 Å². The summed E-state index contributed by atoms with van der Waals surface area (Å²) in [6, 6.07) is 13.6. The lowest BCUT2D eigenvalue weighted by Gasteiger charge is -2.16. The third-order valence-electron chi connectivity index (χ3n) is 3.79. The maximum absolute atomic E-state index is 13.5. The SMILES string of the molecule is O=C(C=COc1ccccc1)N(Cc1cncs1)c1nc2cc(F)ccc2s1. The van der Waals surface area contributed by atoms with Gasteiger partial charge in [-0.15, -0.1) is 11.3 Å². The molecule has 0 fully saturated rings. The van der Waals surface area contributed by atoms with Gasteiger partial charge in [0.1, 0.15) is 11.6 Å². The van der Waals surface area contributed by atoms with Gasteiger partial charge in [-0.3, -0.25) is 14.7 Å². The molecule has 28 heavy (non-hydrogen) atoms. The summed E-state index contributed by atoms with van der Waals surface area (Å²) in [4.78, 5) is 23.8. The van der Waals surface area contributed by atoms with Gasteiger partial charge in [-0.2, -0.15) is 0 Å². The molecule has 1 amide bonds. The molecule has 0 bridgehead atoms. The minimum atomic E-state index is -0.360. The number of hydrogen-bond acceptors (Lipinski definition) is 6. The Morgan fingerprint density at radius 2 is 2.07 bits per heavy atom. The summed E-state index contributed by atoms with van der Waals surface area (Å²) in [5.41, 5.74) is 2.23. The van der Waals surface area contributed by atoms with E-state index in [9.17, 15) is 9.18 Å². The fourth-order valence-corrected chi connectivity index (χ4v) is 4.01. The second-order valence-corrected chi connectivity index (χ2v) is 7.71. The van der Waals surface area contributed by atoms with Crippen LogP contribution in [0.3, 0.4) is 0 Å². The molecule has 0 aliphatic carbocycles. The number of carbonyl (C=O) groups is 1. The fourth-order valence-electron chi connectivity index (χ4n) is 2.48. The first-order valence-corrected chi connectivity index (χ1v) is 10.0. The Morgan fingerprint density at radius 1 is 1.21 bits per heavy atom. The lowest BCUT2D eigenvalue weighted by atomic mass is 10.3. The molecule has 0 saturated carbocycles. The van der Waals surface area contributed by atoms with Gasteiger partial charge >= 0.3 is 0 Å². The van der Waals surface area contributed by atoms with Crippen molar-refractivity contribution in [3.05, 3.63) is 83.3 Å². The number of rotatable bonds is 6. The maximum Gasteiger partial charge on any atom is 0.256 e. The Morgan fingerprint density at radius 3 is 2.86 bits per heavy atom. The highest BCUT2D eigenvalue weighted by atomic mass is 32.1. The van der Waals surface area contributed by atoms with Crippen LogP contribution in [-0.4, -0.2) is 15.9 Å². The van der Waals surface area contributed by atoms with Gasteiger partial charge in [0.05, 0.1) is 28.5 Å². The van der Waals surface area contributed by atoms with Gasteiger partial charge < -0.3 is 4.74 Å².